The summed E-state index contributed by atoms with van der Waals surface area (Å²) >= 11 is 1.84. The largest absolute Gasteiger partial charge is 0.356 e. The molecule has 0 aliphatic carbocycles. The number of amides is 1. The van der Waals surface area contributed by atoms with E-state index in [0.29, 0.717) is 19.4 Å². The van der Waals surface area contributed by atoms with E-state index in [2.05, 4.69) is 33.2 Å². The molecule has 0 bridgehead atoms. The Bertz CT molecular complexity index is 882. The van der Waals surface area contributed by atoms with E-state index < -0.39 is 0 Å². The first-order valence-corrected chi connectivity index (χ1v) is 9.20. The number of aromatic nitrogens is 3. The molecular formula is C18H20N4OS. The number of fused-ring (bicyclic) bond motifs is 3. The lowest BCUT2D eigenvalue weighted by Crippen LogP contribution is -2.32. The SMILES string of the molecule is Cc1cnc(CCC(=O)N2CCSc3c([nH]c4ccccc34)C2)[nH]1. The number of hydrogen-bond donors (Lipinski definition) is 2. The van der Waals surface area contributed by atoms with E-state index in [1.807, 2.05) is 29.7 Å². The van der Waals surface area contributed by atoms with Crippen molar-refractivity contribution in [1.82, 2.24) is 19.9 Å². The average Bonchev–Trinajstić information content (AvgIpc) is 3.09. The molecule has 1 aliphatic heterocycles. The van der Waals surface area contributed by atoms with Gasteiger partial charge in [-0.3, -0.25) is 4.79 Å². The molecule has 0 atom stereocenters. The number of rotatable bonds is 3. The smallest absolute Gasteiger partial charge is 0.223 e. The van der Waals surface area contributed by atoms with Gasteiger partial charge in [-0.15, -0.1) is 11.8 Å². The van der Waals surface area contributed by atoms with Crippen LogP contribution in [0.3, 0.4) is 0 Å². The van der Waals surface area contributed by atoms with Gasteiger partial charge >= 0.3 is 0 Å². The maximum absolute atomic E-state index is 12.6. The van der Waals surface area contributed by atoms with Crippen molar-refractivity contribution < 1.29 is 4.79 Å². The Balaban J connectivity index is 1.49. The molecule has 1 amide bonds. The number of imidazole rings is 1. The van der Waals surface area contributed by atoms with Crippen molar-refractivity contribution in [3.05, 3.63) is 47.7 Å². The number of aryl methyl sites for hydroxylation is 2. The third-order valence-corrected chi connectivity index (χ3v) is 5.51. The van der Waals surface area contributed by atoms with Crippen LogP contribution < -0.4 is 0 Å². The van der Waals surface area contributed by atoms with Crippen LogP contribution in [0.25, 0.3) is 10.9 Å². The van der Waals surface area contributed by atoms with Crippen molar-refractivity contribution in [3.8, 4) is 0 Å². The summed E-state index contributed by atoms with van der Waals surface area (Å²) in [7, 11) is 0. The molecule has 6 heteroatoms. The van der Waals surface area contributed by atoms with Crippen LogP contribution >= 0.6 is 11.8 Å². The van der Waals surface area contributed by atoms with Crippen LogP contribution in [0.2, 0.25) is 0 Å². The fourth-order valence-corrected chi connectivity index (χ4v) is 4.31. The lowest BCUT2D eigenvalue weighted by molar-refractivity contribution is -0.131. The average molecular weight is 340 g/mol. The highest BCUT2D eigenvalue weighted by molar-refractivity contribution is 7.99. The van der Waals surface area contributed by atoms with Crippen LogP contribution in [-0.4, -0.2) is 38.1 Å². The van der Waals surface area contributed by atoms with Crippen molar-refractivity contribution in [3.63, 3.8) is 0 Å². The summed E-state index contributed by atoms with van der Waals surface area (Å²) in [5.74, 6) is 2.01. The number of hydrogen-bond acceptors (Lipinski definition) is 3. The summed E-state index contributed by atoms with van der Waals surface area (Å²) in [6.45, 7) is 3.42. The summed E-state index contributed by atoms with van der Waals surface area (Å²) < 4.78 is 0. The number of carbonyl (C=O) groups excluding carboxylic acids is 1. The van der Waals surface area contributed by atoms with Crippen LogP contribution in [-0.2, 0) is 17.8 Å². The highest BCUT2D eigenvalue weighted by Gasteiger charge is 2.22. The number of carbonyl (C=O) groups is 1. The fourth-order valence-electron chi connectivity index (χ4n) is 3.17. The standard InChI is InChI=1S/C18H20N4OS/c1-12-10-19-16(20-12)6-7-17(23)22-8-9-24-18-13-4-2-3-5-14(13)21-15(18)11-22/h2-5,10,21H,6-9,11H2,1H3,(H,19,20). The Kier molecular flexibility index (Phi) is 4.06. The summed E-state index contributed by atoms with van der Waals surface area (Å²) in [4.78, 5) is 26.8. The van der Waals surface area contributed by atoms with Gasteiger partial charge in [0.2, 0.25) is 5.91 Å². The van der Waals surface area contributed by atoms with E-state index in [1.54, 1.807) is 6.20 Å². The molecule has 1 aliphatic rings. The minimum Gasteiger partial charge on any atom is -0.356 e. The quantitative estimate of drug-likeness (QED) is 0.769. The molecule has 3 aromatic rings. The molecule has 0 spiro atoms. The van der Waals surface area contributed by atoms with Crippen molar-refractivity contribution in [2.75, 3.05) is 12.3 Å². The lowest BCUT2D eigenvalue weighted by atomic mass is 10.2. The van der Waals surface area contributed by atoms with Crippen LogP contribution in [0.4, 0.5) is 0 Å². The van der Waals surface area contributed by atoms with Gasteiger partial charge < -0.3 is 14.9 Å². The molecule has 124 valence electrons. The van der Waals surface area contributed by atoms with E-state index in [1.165, 1.54) is 10.3 Å². The number of para-hydroxylation sites is 1. The number of thioether (sulfide) groups is 1. The lowest BCUT2D eigenvalue weighted by Gasteiger charge is -2.19. The highest BCUT2D eigenvalue weighted by atomic mass is 32.2. The Morgan fingerprint density at radius 2 is 2.21 bits per heavy atom. The second kappa shape index (κ2) is 6.36. The molecule has 2 aromatic heterocycles. The van der Waals surface area contributed by atoms with Gasteiger partial charge in [0.1, 0.15) is 5.82 Å². The van der Waals surface area contributed by atoms with Gasteiger partial charge in [0.05, 0.1) is 6.54 Å². The zero-order valence-electron chi connectivity index (χ0n) is 13.6. The highest BCUT2D eigenvalue weighted by Crippen LogP contribution is 2.34. The normalized spacial score (nSPS) is 14.6. The van der Waals surface area contributed by atoms with Crippen LogP contribution in [0.1, 0.15) is 23.6 Å². The number of nitrogens with one attached hydrogen (secondary N) is 2. The Labute approximate surface area is 144 Å². The summed E-state index contributed by atoms with van der Waals surface area (Å²) in [5.41, 5.74) is 3.34. The predicted octanol–water partition coefficient (Wildman–Crippen LogP) is 3.27. The first-order chi connectivity index (χ1) is 11.7. The molecule has 2 N–H and O–H groups in total. The van der Waals surface area contributed by atoms with Crippen LogP contribution in [0, 0.1) is 6.92 Å². The predicted molar refractivity (Wildman–Crippen MR) is 96.1 cm³/mol. The van der Waals surface area contributed by atoms with Gasteiger partial charge in [0.25, 0.3) is 0 Å². The van der Waals surface area contributed by atoms with E-state index in [0.717, 1.165) is 35.0 Å². The zero-order valence-corrected chi connectivity index (χ0v) is 14.4. The van der Waals surface area contributed by atoms with Gasteiger partial charge in [-0.1, -0.05) is 18.2 Å². The number of H-pyrrole nitrogens is 2. The molecule has 4 rings (SSSR count). The van der Waals surface area contributed by atoms with Crippen molar-refractivity contribution in [2.24, 2.45) is 0 Å². The summed E-state index contributed by atoms with van der Waals surface area (Å²) in [5, 5.41) is 1.26. The van der Waals surface area contributed by atoms with Gasteiger partial charge in [-0.25, -0.2) is 4.98 Å². The van der Waals surface area contributed by atoms with Gasteiger partial charge in [0, 0.05) is 58.5 Å². The Hall–Kier alpha value is -2.21. The Morgan fingerprint density at radius 1 is 1.33 bits per heavy atom. The molecule has 5 nitrogen and oxygen atoms in total. The third-order valence-electron chi connectivity index (χ3n) is 4.37. The molecule has 0 fully saturated rings. The minimum atomic E-state index is 0.191. The maximum Gasteiger partial charge on any atom is 0.223 e. The molecule has 0 saturated carbocycles. The molecule has 24 heavy (non-hydrogen) atoms. The minimum absolute atomic E-state index is 0.191. The maximum atomic E-state index is 12.6. The van der Waals surface area contributed by atoms with Crippen molar-refractivity contribution >= 4 is 28.6 Å². The van der Waals surface area contributed by atoms with Crippen molar-refractivity contribution in [1.29, 1.82) is 0 Å². The first-order valence-electron chi connectivity index (χ1n) is 8.21. The van der Waals surface area contributed by atoms with E-state index in [9.17, 15) is 4.79 Å². The van der Waals surface area contributed by atoms with Crippen LogP contribution in [0.5, 0.6) is 0 Å². The zero-order chi connectivity index (χ0) is 16.5. The van der Waals surface area contributed by atoms with Crippen molar-refractivity contribution in [2.45, 2.75) is 31.2 Å². The number of benzene rings is 1. The second-order valence-electron chi connectivity index (χ2n) is 6.15. The molecule has 3 heterocycles. The number of nitrogens with zero attached hydrogens (tertiary/aromatic N) is 2. The van der Waals surface area contributed by atoms with Crippen LogP contribution in [0.15, 0.2) is 35.4 Å². The molecule has 0 unspecified atom stereocenters. The molecule has 1 aromatic carbocycles. The monoisotopic (exact) mass is 340 g/mol. The van der Waals surface area contributed by atoms with Gasteiger partial charge in [0.15, 0.2) is 0 Å². The van der Waals surface area contributed by atoms with E-state index >= 15 is 0 Å². The fraction of sp³-hybridized carbons (Fsp3) is 0.333. The summed E-state index contributed by atoms with van der Waals surface area (Å²) in [6.07, 6.45) is 2.96. The first kappa shape index (κ1) is 15.3. The van der Waals surface area contributed by atoms with Gasteiger partial charge in [-0.05, 0) is 13.0 Å². The molecule has 0 saturated heterocycles. The third kappa shape index (κ3) is 2.94. The van der Waals surface area contributed by atoms with Gasteiger partial charge in [-0.2, -0.15) is 0 Å². The number of aromatic amines is 2. The second-order valence-corrected chi connectivity index (χ2v) is 7.26. The van der Waals surface area contributed by atoms with E-state index in [4.69, 9.17) is 0 Å². The Morgan fingerprint density at radius 3 is 3.04 bits per heavy atom. The molecular weight excluding hydrogens is 320 g/mol. The summed E-state index contributed by atoms with van der Waals surface area (Å²) in [6, 6.07) is 8.34. The topological polar surface area (TPSA) is 64.8 Å². The van der Waals surface area contributed by atoms with E-state index in [-0.39, 0.29) is 5.91 Å². The molecule has 0 radical (unpaired) electrons.